The number of rotatable bonds is 6. The van der Waals surface area contributed by atoms with Crippen molar-refractivity contribution in [2.45, 2.75) is 66.8 Å². The monoisotopic (exact) mass is 225 g/mol. The van der Waals surface area contributed by atoms with Crippen LogP contribution in [0.1, 0.15) is 61.3 Å². The highest BCUT2D eigenvalue weighted by Gasteiger charge is 2.22. The lowest BCUT2D eigenvalue weighted by molar-refractivity contribution is 0.161. The Hall–Kier alpha value is -0.300. The zero-order chi connectivity index (χ0) is 12.8. The molecule has 0 N–H and O–H groups in total. The second-order valence-corrected chi connectivity index (χ2v) is 6.34. The maximum absolute atomic E-state index is 2.58. The first-order valence-electron chi connectivity index (χ1n) is 6.68. The normalized spacial score (nSPS) is 14.0. The minimum absolute atomic E-state index is 0.180. The molecule has 16 heavy (non-hydrogen) atoms. The molecule has 1 nitrogen and oxygen atoms in total. The van der Waals surface area contributed by atoms with Crippen LogP contribution in [-0.4, -0.2) is 23.5 Å². The molecule has 0 rings (SSSR count). The molecule has 0 heterocycles. The third-order valence-electron chi connectivity index (χ3n) is 2.79. The van der Waals surface area contributed by atoms with E-state index in [1.165, 1.54) is 25.9 Å². The molecule has 0 aliphatic heterocycles. The summed E-state index contributed by atoms with van der Waals surface area (Å²) in [7, 11) is 0. The summed E-state index contributed by atoms with van der Waals surface area (Å²) in [6, 6.07) is 0. The highest BCUT2D eigenvalue weighted by atomic mass is 15.2. The van der Waals surface area contributed by atoms with Gasteiger partial charge in [-0.2, -0.15) is 0 Å². The van der Waals surface area contributed by atoms with Gasteiger partial charge in [0.05, 0.1) is 0 Å². The highest BCUT2D eigenvalue weighted by molar-refractivity contribution is 5.06. The molecule has 0 aliphatic carbocycles. The molecule has 0 unspecified atom stereocenters. The molecule has 0 saturated carbocycles. The minimum Gasteiger partial charge on any atom is -0.295 e. The van der Waals surface area contributed by atoms with E-state index in [0.717, 1.165) is 0 Å². The van der Waals surface area contributed by atoms with Crippen LogP contribution < -0.4 is 0 Å². The molecule has 0 amide bonds. The molecule has 0 saturated heterocycles. The molecular formula is C15H31N. The molecule has 1 heteroatoms. The molecular weight excluding hydrogens is 194 g/mol. The molecule has 0 aliphatic rings. The second-order valence-electron chi connectivity index (χ2n) is 6.34. The fraction of sp³-hybridized carbons (Fsp3) is 0.867. The van der Waals surface area contributed by atoms with Gasteiger partial charge in [-0.05, 0) is 45.2 Å². The van der Waals surface area contributed by atoms with Gasteiger partial charge in [-0.25, -0.2) is 0 Å². The van der Waals surface area contributed by atoms with Gasteiger partial charge < -0.3 is 0 Å². The van der Waals surface area contributed by atoms with Gasteiger partial charge in [0.25, 0.3) is 0 Å². The summed E-state index contributed by atoms with van der Waals surface area (Å²) >= 11 is 0. The number of hydrogen-bond acceptors (Lipinski definition) is 1. The third-order valence-corrected chi connectivity index (χ3v) is 2.79. The summed E-state index contributed by atoms with van der Waals surface area (Å²) in [5, 5.41) is 0. The van der Waals surface area contributed by atoms with Crippen molar-refractivity contribution in [1.82, 2.24) is 4.90 Å². The van der Waals surface area contributed by atoms with Gasteiger partial charge in [-0.3, -0.25) is 4.90 Å². The Kier molecular flexibility index (Phi) is 6.32. The van der Waals surface area contributed by atoms with Crippen molar-refractivity contribution in [1.29, 1.82) is 0 Å². The molecule has 0 aromatic heterocycles. The maximum Gasteiger partial charge on any atom is 0.0335 e. The maximum atomic E-state index is 2.58. The van der Waals surface area contributed by atoms with Crippen LogP contribution in [-0.2, 0) is 0 Å². The zero-order valence-electron chi connectivity index (χ0n) is 12.4. The van der Waals surface area contributed by atoms with E-state index in [-0.39, 0.29) is 11.0 Å². The molecule has 0 spiro atoms. The van der Waals surface area contributed by atoms with E-state index in [9.17, 15) is 0 Å². The van der Waals surface area contributed by atoms with Gasteiger partial charge in [-0.1, -0.05) is 46.8 Å². The van der Waals surface area contributed by atoms with Gasteiger partial charge >= 0.3 is 0 Å². The van der Waals surface area contributed by atoms with Crippen LogP contribution in [0.2, 0.25) is 0 Å². The topological polar surface area (TPSA) is 3.24 Å². The van der Waals surface area contributed by atoms with E-state index in [4.69, 9.17) is 0 Å². The summed E-state index contributed by atoms with van der Waals surface area (Å²) in [6.45, 7) is 18.3. The minimum atomic E-state index is 0.180. The van der Waals surface area contributed by atoms with E-state index < -0.39 is 0 Å². The Labute approximate surface area is 103 Å². The first-order chi connectivity index (χ1) is 7.23. The van der Waals surface area contributed by atoms with Crippen LogP contribution in [0.3, 0.4) is 0 Å². The van der Waals surface area contributed by atoms with Crippen molar-refractivity contribution in [2.24, 2.45) is 5.41 Å². The van der Waals surface area contributed by atoms with Crippen LogP contribution in [0.4, 0.5) is 0 Å². The van der Waals surface area contributed by atoms with Gasteiger partial charge in [0, 0.05) is 5.54 Å². The van der Waals surface area contributed by atoms with Crippen LogP contribution in [0.25, 0.3) is 0 Å². The third kappa shape index (κ3) is 6.32. The fourth-order valence-corrected chi connectivity index (χ4v) is 1.79. The summed E-state index contributed by atoms with van der Waals surface area (Å²) in [5.74, 6) is 0. The lowest BCUT2D eigenvalue weighted by Gasteiger charge is -2.36. The molecule has 0 aromatic rings. The van der Waals surface area contributed by atoms with Crippen molar-refractivity contribution < 1.29 is 0 Å². The Morgan fingerprint density at radius 3 is 1.56 bits per heavy atom. The zero-order valence-corrected chi connectivity index (χ0v) is 12.4. The van der Waals surface area contributed by atoms with Gasteiger partial charge in [0.2, 0.25) is 0 Å². The Balaban J connectivity index is 4.63. The predicted molar refractivity (Wildman–Crippen MR) is 74.8 cm³/mol. The average Bonchev–Trinajstić information content (AvgIpc) is 2.14. The van der Waals surface area contributed by atoms with E-state index in [2.05, 4.69) is 65.5 Å². The largest absolute Gasteiger partial charge is 0.295 e. The van der Waals surface area contributed by atoms with Crippen LogP contribution in [0.5, 0.6) is 0 Å². The van der Waals surface area contributed by atoms with Crippen molar-refractivity contribution in [3.63, 3.8) is 0 Å². The molecule has 0 atom stereocenters. The van der Waals surface area contributed by atoms with E-state index in [1.807, 2.05) is 0 Å². The predicted octanol–water partition coefficient (Wildman–Crippen LogP) is 4.49. The van der Waals surface area contributed by atoms with E-state index >= 15 is 0 Å². The van der Waals surface area contributed by atoms with Crippen molar-refractivity contribution in [3.8, 4) is 0 Å². The van der Waals surface area contributed by atoms with Crippen LogP contribution >= 0.6 is 0 Å². The van der Waals surface area contributed by atoms with Gasteiger partial charge in [0.1, 0.15) is 0 Å². The molecule has 96 valence electrons. The van der Waals surface area contributed by atoms with Gasteiger partial charge in [0.15, 0.2) is 0 Å². The molecule has 0 aromatic carbocycles. The fourth-order valence-electron chi connectivity index (χ4n) is 1.79. The second kappa shape index (κ2) is 6.44. The van der Waals surface area contributed by atoms with Crippen molar-refractivity contribution >= 4 is 0 Å². The van der Waals surface area contributed by atoms with Crippen molar-refractivity contribution in [2.75, 3.05) is 13.1 Å². The molecule has 0 radical (unpaired) electrons. The Morgan fingerprint density at radius 1 is 0.812 bits per heavy atom. The first-order valence-corrected chi connectivity index (χ1v) is 6.68. The lowest BCUT2D eigenvalue weighted by Crippen LogP contribution is -2.43. The number of nitrogens with zero attached hydrogens (tertiary/aromatic N) is 1. The standard InChI is InChI=1S/C15H31N/c1-8-12-16(13-9-2)15(6,7)11-10-14(3,4)5/h10-11H,8-9,12-13H2,1-7H3/b11-10+. The van der Waals surface area contributed by atoms with Crippen LogP contribution in [0.15, 0.2) is 12.2 Å². The number of hydrogen-bond donors (Lipinski definition) is 0. The lowest BCUT2D eigenvalue weighted by atomic mass is 9.91. The summed E-state index contributed by atoms with van der Waals surface area (Å²) in [6.07, 6.45) is 7.17. The average molecular weight is 225 g/mol. The Morgan fingerprint density at radius 2 is 1.25 bits per heavy atom. The smallest absolute Gasteiger partial charge is 0.0335 e. The molecule has 0 fully saturated rings. The van der Waals surface area contributed by atoms with Gasteiger partial charge in [-0.15, -0.1) is 0 Å². The first kappa shape index (κ1) is 15.7. The SMILES string of the molecule is CCCN(CCC)C(C)(C)/C=C/C(C)(C)C. The quantitative estimate of drug-likeness (QED) is 0.602. The van der Waals surface area contributed by atoms with E-state index in [0.29, 0.717) is 0 Å². The summed E-state index contributed by atoms with van der Waals surface area (Å²) < 4.78 is 0. The Bertz CT molecular complexity index is 202. The highest BCUT2D eigenvalue weighted by Crippen LogP contribution is 2.22. The van der Waals surface area contributed by atoms with Crippen LogP contribution in [0, 0.1) is 5.41 Å². The number of allylic oxidation sites excluding steroid dienone is 1. The summed E-state index contributed by atoms with van der Waals surface area (Å²) in [4.78, 5) is 2.58. The van der Waals surface area contributed by atoms with E-state index in [1.54, 1.807) is 0 Å². The molecule has 0 bridgehead atoms. The summed E-state index contributed by atoms with van der Waals surface area (Å²) in [5.41, 5.74) is 0.459. The van der Waals surface area contributed by atoms with Crippen molar-refractivity contribution in [3.05, 3.63) is 12.2 Å².